The number of nitrogens with two attached hydrogens (primary N) is 1. The zero-order valence-electron chi connectivity index (χ0n) is 13.9. The molecule has 2 fully saturated rings. The second-order valence-corrected chi connectivity index (χ2v) is 7.02. The number of piperidine rings is 2. The zero-order valence-corrected chi connectivity index (χ0v) is 13.9. The fraction of sp³-hybridized carbons (Fsp3) is 0.706. The van der Waals surface area contributed by atoms with E-state index in [9.17, 15) is 4.79 Å². The summed E-state index contributed by atoms with van der Waals surface area (Å²) in [7, 11) is 2.19. The third-order valence-electron chi connectivity index (χ3n) is 5.15. The van der Waals surface area contributed by atoms with E-state index in [4.69, 9.17) is 5.73 Å². The Kier molecular flexibility index (Phi) is 5.10. The highest BCUT2D eigenvalue weighted by molar-refractivity contribution is 5.76. The number of anilines is 1. The van der Waals surface area contributed by atoms with Crippen molar-refractivity contribution in [3.63, 3.8) is 0 Å². The molecule has 2 N–H and O–H groups in total. The third kappa shape index (κ3) is 4.19. The molecule has 6 nitrogen and oxygen atoms in total. The number of primary amides is 1. The minimum Gasteiger partial charge on any atom is -0.369 e. The summed E-state index contributed by atoms with van der Waals surface area (Å²) in [5, 5.41) is 8.83. The number of carbonyl (C=O) groups excluding carboxylic acids is 1. The minimum absolute atomic E-state index is 0.0155. The van der Waals surface area contributed by atoms with E-state index in [1.165, 1.54) is 19.4 Å². The quantitative estimate of drug-likeness (QED) is 0.899. The fourth-order valence-corrected chi connectivity index (χ4v) is 3.76. The highest BCUT2D eigenvalue weighted by Crippen LogP contribution is 2.22. The number of likely N-dealkylation sites (tertiary alicyclic amines) is 1. The Bertz CT molecular complexity index is 524. The van der Waals surface area contributed by atoms with Gasteiger partial charge in [0.25, 0.3) is 0 Å². The van der Waals surface area contributed by atoms with Crippen LogP contribution in [0.25, 0.3) is 0 Å². The van der Waals surface area contributed by atoms with Crippen molar-refractivity contribution in [3.05, 3.63) is 17.8 Å². The molecule has 0 saturated carbocycles. The Morgan fingerprint density at radius 1 is 1.22 bits per heavy atom. The smallest absolute Gasteiger partial charge is 0.220 e. The Labute approximate surface area is 138 Å². The van der Waals surface area contributed by atoms with Crippen LogP contribution in [0.3, 0.4) is 0 Å². The maximum atomic E-state index is 11.2. The predicted molar refractivity (Wildman–Crippen MR) is 90.1 cm³/mol. The van der Waals surface area contributed by atoms with Gasteiger partial charge in [0.05, 0.1) is 5.69 Å². The van der Waals surface area contributed by atoms with Crippen LogP contribution in [0.15, 0.2) is 12.1 Å². The Morgan fingerprint density at radius 2 is 2.00 bits per heavy atom. The van der Waals surface area contributed by atoms with Crippen molar-refractivity contribution in [1.82, 2.24) is 15.1 Å². The lowest BCUT2D eigenvalue weighted by atomic mass is 9.93. The van der Waals surface area contributed by atoms with Crippen LogP contribution in [0.1, 0.15) is 31.4 Å². The second kappa shape index (κ2) is 7.25. The van der Waals surface area contributed by atoms with E-state index in [2.05, 4.69) is 39.2 Å². The van der Waals surface area contributed by atoms with Crippen LogP contribution in [-0.2, 0) is 11.2 Å². The molecule has 1 atom stereocenters. The monoisotopic (exact) mass is 317 g/mol. The van der Waals surface area contributed by atoms with Crippen molar-refractivity contribution in [2.45, 2.75) is 32.1 Å². The molecule has 1 aromatic heterocycles. The number of hydrogen-bond donors (Lipinski definition) is 1. The molecule has 23 heavy (non-hydrogen) atoms. The molecule has 2 aliphatic rings. The number of rotatable bonds is 4. The predicted octanol–water partition coefficient (Wildman–Crippen LogP) is 1.06. The van der Waals surface area contributed by atoms with Crippen molar-refractivity contribution in [2.75, 3.05) is 38.1 Å². The Hall–Kier alpha value is -1.69. The molecular formula is C17H27N5O. The molecule has 0 aromatic carbocycles. The van der Waals surface area contributed by atoms with E-state index in [1.54, 1.807) is 0 Å². The highest BCUT2D eigenvalue weighted by Gasteiger charge is 2.24. The highest BCUT2D eigenvalue weighted by atomic mass is 16.1. The lowest BCUT2D eigenvalue weighted by molar-refractivity contribution is -0.122. The molecule has 1 amide bonds. The van der Waals surface area contributed by atoms with Crippen LogP contribution in [0, 0.1) is 11.8 Å². The first-order chi connectivity index (χ1) is 11.1. The van der Waals surface area contributed by atoms with Crippen molar-refractivity contribution in [3.8, 4) is 0 Å². The van der Waals surface area contributed by atoms with Crippen LogP contribution in [0.5, 0.6) is 0 Å². The summed E-state index contributed by atoms with van der Waals surface area (Å²) < 4.78 is 0. The van der Waals surface area contributed by atoms with Gasteiger partial charge in [-0.2, -0.15) is 5.10 Å². The molecule has 0 radical (unpaired) electrons. The number of carbonyl (C=O) groups is 1. The number of aromatic nitrogens is 2. The van der Waals surface area contributed by atoms with Gasteiger partial charge >= 0.3 is 0 Å². The normalized spacial score (nSPS) is 23.9. The van der Waals surface area contributed by atoms with E-state index in [1.807, 2.05) is 0 Å². The largest absolute Gasteiger partial charge is 0.369 e. The summed E-state index contributed by atoms with van der Waals surface area (Å²) in [5.74, 6) is 1.45. The molecule has 0 bridgehead atoms. The summed E-state index contributed by atoms with van der Waals surface area (Å²) >= 11 is 0. The van der Waals surface area contributed by atoms with Crippen molar-refractivity contribution in [2.24, 2.45) is 17.6 Å². The molecule has 2 saturated heterocycles. The van der Waals surface area contributed by atoms with E-state index >= 15 is 0 Å². The van der Waals surface area contributed by atoms with Gasteiger partial charge < -0.3 is 15.5 Å². The van der Waals surface area contributed by atoms with Gasteiger partial charge in [0.15, 0.2) is 5.82 Å². The molecule has 6 heteroatoms. The first-order valence-corrected chi connectivity index (χ1v) is 8.67. The molecular weight excluding hydrogens is 290 g/mol. The van der Waals surface area contributed by atoms with Crippen LogP contribution in [-0.4, -0.2) is 54.2 Å². The maximum absolute atomic E-state index is 11.2. The van der Waals surface area contributed by atoms with Gasteiger partial charge in [-0.3, -0.25) is 4.79 Å². The number of amides is 1. The lowest BCUT2D eigenvalue weighted by Crippen LogP contribution is -2.39. The summed E-state index contributed by atoms with van der Waals surface area (Å²) in [6.07, 6.45) is 5.21. The summed E-state index contributed by atoms with van der Waals surface area (Å²) in [5.41, 5.74) is 6.47. The van der Waals surface area contributed by atoms with Crippen LogP contribution in [0.2, 0.25) is 0 Å². The zero-order chi connectivity index (χ0) is 16.2. The van der Waals surface area contributed by atoms with Gasteiger partial charge in [-0.25, -0.2) is 0 Å². The Balaban J connectivity index is 1.54. The lowest BCUT2D eigenvalue weighted by Gasteiger charge is -2.31. The third-order valence-corrected chi connectivity index (χ3v) is 5.15. The van der Waals surface area contributed by atoms with E-state index in [-0.39, 0.29) is 11.8 Å². The first-order valence-electron chi connectivity index (χ1n) is 8.67. The first kappa shape index (κ1) is 16.2. The van der Waals surface area contributed by atoms with Crippen molar-refractivity contribution >= 4 is 11.7 Å². The van der Waals surface area contributed by atoms with Gasteiger partial charge in [0.2, 0.25) is 5.91 Å². The topological polar surface area (TPSA) is 75.3 Å². The summed E-state index contributed by atoms with van der Waals surface area (Å²) in [4.78, 5) is 15.8. The number of nitrogens with zero attached hydrogens (tertiary/aromatic N) is 4. The molecule has 2 aliphatic heterocycles. The van der Waals surface area contributed by atoms with Gasteiger partial charge in [0.1, 0.15) is 0 Å². The van der Waals surface area contributed by atoms with Gasteiger partial charge in [-0.1, -0.05) is 0 Å². The van der Waals surface area contributed by atoms with E-state index < -0.39 is 0 Å². The van der Waals surface area contributed by atoms with Gasteiger partial charge in [-0.05, 0) is 63.7 Å². The molecule has 3 rings (SSSR count). The molecule has 126 valence electrons. The maximum Gasteiger partial charge on any atom is 0.220 e. The van der Waals surface area contributed by atoms with Gasteiger partial charge in [0, 0.05) is 25.6 Å². The molecule has 3 heterocycles. The van der Waals surface area contributed by atoms with E-state index in [0.717, 1.165) is 50.4 Å². The SMILES string of the molecule is CN1CCC[C@H](Cc2ccc(N3CCC(C(N)=O)CC3)nn2)C1. The second-order valence-electron chi connectivity index (χ2n) is 7.02. The standard InChI is InChI=1S/C17H27N5O/c1-21-8-2-3-13(12-21)11-15-4-5-16(20-19-15)22-9-6-14(7-10-22)17(18)23/h4-5,13-14H,2-3,6-12H2,1H3,(H2,18,23)/t13-/m1/s1. The molecule has 1 aromatic rings. The molecule has 0 spiro atoms. The molecule has 0 unspecified atom stereocenters. The fourth-order valence-electron chi connectivity index (χ4n) is 3.76. The average Bonchev–Trinajstić information content (AvgIpc) is 2.56. The number of hydrogen-bond acceptors (Lipinski definition) is 5. The van der Waals surface area contributed by atoms with Crippen LogP contribution in [0.4, 0.5) is 5.82 Å². The van der Waals surface area contributed by atoms with E-state index in [0.29, 0.717) is 5.92 Å². The Morgan fingerprint density at radius 3 is 2.61 bits per heavy atom. The summed E-state index contributed by atoms with van der Waals surface area (Å²) in [6, 6.07) is 4.18. The minimum atomic E-state index is -0.177. The van der Waals surface area contributed by atoms with Crippen molar-refractivity contribution in [1.29, 1.82) is 0 Å². The average molecular weight is 317 g/mol. The van der Waals surface area contributed by atoms with Crippen LogP contribution < -0.4 is 10.6 Å². The molecule has 0 aliphatic carbocycles. The van der Waals surface area contributed by atoms with Gasteiger partial charge in [-0.15, -0.1) is 5.10 Å². The van der Waals surface area contributed by atoms with Crippen molar-refractivity contribution < 1.29 is 4.79 Å². The summed E-state index contributed by atoms with van der Waals surface area (Å²) in [6.45, 7) is 4.02. The van der Waals surface area contributed by atoms with Crippen LogP contribution >= 0.6 is 0 Å².